The van der Waals surface area contributed by atoms with Crippen LogP contribution in [0.5, 0.6) is 0 Å². The molecule has 0 amide bonds. The fraction of sp³-hybridized carbons (Fsp3) is 0.947. The van der Waals surface area contributed by atoms with E-state index < -0.39 is 0 Å². The summed E-state index contributed by atoms with van der Waals surface area (Å²) < 4.78 is 0. The predicted molar refractivity (Wildman–Crippen MR) is 85.7 cm³/mol. The Balaban J connectivity index is 2.20. The van der Waals surface area contributed by atoms with Gasteiger partial charge in [-0.25, -0.2) is 0 Å². The lowest BCUT2D eigenvalue weighted by Gasteiger charge is -2.46. The highest BCUT2D eigenvalue weighted by Gasteiger charge is 2.47. The van der Waals surface area contributed by atoms with Crippen LogP contribution in [-0.4, -0.2) is 5.78 Å². The minimum absolute atomic E-state index is 0.279. The second-order valence-corrected chi connectivity index (χ2v) is 8.01. The van der Waals surface area contributed by atoms with E-state index in [1.165, 1.54) is 51.4 Å². The monoisotopic (exact) mass is 278 g/mol. The Morgan fingerprint density at radius 3 is 1.60 bits per heavy atom. The van der Waals surface area contributed by atoms with E-state index in [1.807, 2.05) is 0 Å². The molecule has 2 rings (SSSR count). The number of ketones is 1. The molecule has 2 fully saturated rings. The molecule has 0 aromatic carbocycles. The van der Waals surface area contributed by atoms with E-state index in [2.05, 4.69) is 27.7 Å². The summed E-state index contributed by atoms with van der Waals surface area (Å²) in [7, 11) is 0. The van der Waals surface area contributed by atoms with Crippen LogP contribution in [0, 0.1) is 22.7 Å². The molecule has 0 aromatic heterocycles. The molecule has 0 aliphatic heterocycles. The van der Waals surface area contributed by atoms with Crippen molar-refractivity contribution in [2.75, 3.05) is 0 Å². The van der Waals surface area contributed by atoms with Crippen molar-refractivity contribution in [3.8, 4) is 0 Å². The minimum atomic E-state index is 0.279. The van der Waals surface area contributed by atoms with Crippen LogP contribution in [0.15, 0.2) is 0 Å². The van der Waals surface area contributed by atoms with E-state index in [1.54, 1.807) is 0 Å². The third kappa shape index (κ3) is 2.83. The zero-order chi connectivity index (χ0) is 14.8. The first kappa shape index (κ1) is 16.0. The van der Waals surface area contributed by atoms with Gasteiger partial charge in [0.2, 0.25) is 0 Å². The molecule has 1 nitrogen and oxygen atoms in total. The third-order valence-corrected chi connectivity index (χ3v) is 6.97. The van der Waals surface area contributed by atoms with E-state index in [0.29, 0.717) is 17.6 Å². The summed E-state index contributed by atoms with van der Waals surface area (Å²) in [5.41, 5.74) is 0.558. The van der Waals surface area contributed by atoms with Gasteiger partial charge in [-0.2, -0.15) is 0 Å². The summed E-state index contributed by atoms with van der Waals surface area (Å²) in [4.78, 5) is 13.3. The number of hydrogen-bond acceptors (Lipinski definition) is 1. The first-order chi connectivity index (χ1) is 9.47. The standard InChI is InChI=1S/C19H34O/c1-5-18(3)13-9-7-11-15(18)17(20)16-12-8-10-14-19(16,4)6-2/h15-16H,5-14H2,1-4H3. The Hall–Kier alpha value is -0.330. The maximum absolute atomic E-state index is 13.3. The Morgan fingerprint density at radius 2 is 1.25 bits per heavy atom. The molecule has 2 aliphatic carbocycles. The molecule has 0 spiro atoms. The Morgan fingerprint density at radius 1 is 0.850 bits per heavy atom. The van der Waals surface area contributed by atoms with Crippen molar-refractivity contribution in [1.82, 2.24) is 0 Å². The summed E-state index contributed by atoms with van der Waals surface area (Å²) in [6.07, 6.45) is 12.3. The van der Waals surface area contributed by atoms with Crippen molar-refractivity contribution in [2.45, 2.75) is 91.9 Å². The third-order valence-electron chi connectivity index (χ3n) is 6.97. The largest absolute Gasteiger partial charge is 0.299 e. The number of Topliss-reactive ketones (excluding diaryl/α,β-unsaturated/α-hetero) is 1. The lowest BCUT2D eigenvalue weighted by atomic mass is 9.57. The van der Waals surface area contributed by atoms with Gasteiger partial charge in [0.1, 0.15) is 5.78 Å². The van der Waals surface area contributed by atoms with Crippen LogP contribution in [0.25, 0.3) is 0 Å². The summed E-state index contributed by atoms with van der Waals surface area (Å²) in [6.45, 7) is 9.32. The zero-order valence-electron chi connectivity index (χ0n) is 14.1. The van der Waals surface area contributed by atoms with Crippen molar-refractivity contribution in [1.29, 1.82) is 0 Å². The normalized spacial score (nSPS) is 42.4. The fourth-order valence-corrected chi connectivity index (χ4v) is 4.86. The number of carbonyl (C=O) groups excluding carboxylic acids is 1. The van der Waals surface area contributed by atoms with Gasteiger partial charge in [-0.05, 0) is 36.5 Å². The number of rotatable bonds is 4. The van der Waals surface area contributed by atoms with Crippen LogP contribution in [0.4, 0.5) is 0 Å². The van der Waals surface area contributed by atoms with Crippen LogP contribution in [0.3, 0.4) is 0 Å². The molecule has 2 aliphatic rings. The maximum atomic E-state index is 13.3. The lowest BCUT2D eigenvalue weighted by molar-refractivity contribution is -0.139. The van der Waals surface area contributed by atoms with Crippen molar-refractivity contribution < 1.29 is 4.79 Å². The molecule has 0 radical (unpaired) electrons. The molecular formula is C19H34O. The van der Waals surface area contributed by atoms with E-state index in [0.717, 1.165) is 12.8 Å². The molecule has 4 atom stereocenters. The maximum Gasteiger partial charge on any atom is 0.140 e. The smallest absolute Gasteiger partial charge is 0.140 e. The summed E-state index contributed by atoms with van der Waals surface area (Å²) >= 11 is 0. The topological polar surface area (TPSA) is 17.1 Å². The molecule has 0 saturated heterocycles. The fourth-order valence-electron chi connectivity index (χ4n) is 4.86. The second kappa shape index (κ2) is 6.20. The van der Waals surface area contributed by atoms with Gasteiger partial charge in [0.15, 0.2) is 0 Å². The van der Waals surface area contributed by atoms with Crippen LogP contribution in [0.1, 0.15) is 91.9 Å². The van der Waals surface area contributed by atoms with Crippen molar-refractivity contribution in [2.24, 2.45) is 22.7 Å². The first-order valence-corrected chi connectivity index (χ1v) is 9.00. The molecule has 0 N–H and O–H groups in total. The van der Waals surface area contributed by atoms with E-state index in [4.69, 9.17) is 0 Å². The molecule has 1 heteroatoms. The highest BCUT2D eigenvalue weighted by molar-refractivity contribution is 5.85. The van der Waals surface area contributed by atoms with Gasteiger partial charge in [0, 0.05) is 11.8 Å². The SMILES string of the molecule is CCC1(C)CCCCC1C(=O)C1CCCCC1(C)CC. The average molecular weight is 278 g/mol. The number of carbonyl (C=O) groups is 1. The molecule has 0 aromatic rings. The molecule has 2 saturated carbocycles. The molecule has 116 valence electrons. The van der Waals surface area contributed by atoms with Gasteiger partial charge in [-0.15, -0.1) is 0 Å². The summed E-state index contributed by atoms with van der Waals surface area (Å²) in [5, 5.41) is 0. The van der Waals surface area contributed by atoms with Crippen LogP contribution >= 0.6 is 0 Å². The minimum Gasteiger partial charge on any atom is -0.299 e. The van der Waals surface area contributed by atoms with E-state index in [9.17, 15) is 4.79 Å². The van der Waals surface area contributed by atoms with Gasteiger partial charge in [-0.3, -0.25) is 4.79 Å². The second-order valence-electron chi connectivity index (χ2n) is 8.01. The highest BCUT2D eigenvalue weighted by Crippen LogP contribution is 2.50. The van der Waals surface area contributed by atoms with Crippen LogP contribution in [0.2, 0.25) is 0 Å². The van der Waals surface area contributed by atoms with Crippen molar-refractivity contribution >= 4 is 5.78 Å². The molecule has 4 unspecified atom stereocenters. The van der Waals surface area contributed by atoms with Crippen LogP contribution < -0.4 is 0 Å². The number of hydrogen-bond donors (Lipinski definition) is 0. The van der Waals surface area contributed by atoms with Crippen LogP contribution in [-0.2, 0) is 4.79 Å². The molecule has 20 heavy (non-hydrogen) atoms. The highest BCUT2D eigenvalue weighted by atomic mass is 16.1. The zero-order valence-corrected chi connectivity index (χ0v) is 14.1. The Kier molecular flexibility index (Phi) is 4.97. The lowest BCUT2D eigenvalue weighted by Crippen LogP contribution is -2.44. The first-order valence-electron chi connectivity index (χ1n) is 9.00. The van der Waals surface area contributed by atoms with Gasteiger partial charge in [-0.1, -0.05) is 66.2 Å². The van der Waals surface area contributed by atoms with Gasteiger partial charge in [0.25, 0.3) is 0 Å². The average Bonchev–Trinajstić information content (AvgIpc) is 2.47. The molecular weight excluding hydrogens is 244 g/mol. The van der Waals surface area contributed by atoms with Gasteiger partial charge in [0.05, 0.1) is 0 Å². The quantitative estimate of drug-likeness (QED) is 0.638. The Labute approximate surface area is 125 Å². The summed E-state index contributed by atoms with van der Waals surface area (Å²) in [5.74, 6) is 1.32. The van der Waals surface area contributed by atoms with Crippen molar-refractivity contribution in [3.63, 3.8) is 0 Å². The molecule has 0 bridgehead atoms. The Bertz CT molecular complexity index is 316. The van der Waals surface area contributed by atoms with Gasteiger partial charge < -0.3 is 0 Å². The summed E-state index contributed by atoms with van der Waals surface area (Å²) in [6, 6.07) is 0. The van der Waals surface area contributed by atoms with E-state index >= 15 is 0 Å². The van der Waals surface area contributed by atoms with Crippen molar-refractivity contribution in [3.05, 3.63) is 0 Å². The predicted octanol–water partition coefficient (Wildman–Crippen LogP) is 5.77. The molecule has 0 heterocycles. The van der Waals surface area contributed by atoms with E-state index in [-0.39, 0.29) is 10.8 Å². The van der Waals surface area contributed by atoms with Gasteiger partial charge >= 0.3 is 0 Å².